The van der Waals surface area contributed by atoms with Gasteiger partial charge in [0.25, 0.3) is 0 Å². The van der Waals surface area contributed by atoms with Crippen LogP contribution < -0.4 is 5.32 Å². The fraction of sp³-hybridized carbons (Fsp3) is 0.263. The molecule has 0 spiro atoms. The van der Waals surface area contributed by atoms with Gasteiger partial charge in [0, 0.05) is 28.2 Å². The van der Waals surface area contributed by atoms with E-state index in [0.29, 0.717) is 0 Å². The van der Waals surface area contributed by atoms with Crippen molar-refractivity contribution in [1.82, 2.24) is 10.3 Å². The molecule has 0 amide bonds. The summed E-state index contributed by atoms with van der Waals surface area (Å²) in [6.45, 7) is 5.37. The highest BCUT2D eigenvalue weighted by molar-refractivity contribution is 6.31. The second kappa shape index (κ2) is 5.15. The number of aryl methyl sites for hydroxylation is 1. The molecule has 3 heteroatoms. The molecule has 0 fully saturated rings. The number of rotatable bonds is 1. The zero-order valence-corrected chi connectivity index (χ0v) is 13.6. The Morgan fingerprint density at radius 2 is 2.00 bits per heavy atom. The minimum Gasteiger partial charge on any atom is -0.357 e. The maximum absolute atomic E-state index is 6.19. The maximum atomic E-state index is 6.19. The Morgan fingerprint density at radius 1 is 1.14 bits per heavy atom. The summed E-state index contributed by atoms with van der Waals surface area (Å²) in [5, 5.41) is 5.74. The molecule has 1 aliphatic rings. The van der Waals surface area contributed by atoms with Crippen LogP contribution in [0.15, 0.2) is 36.4 Å². The van der Waals surface area contributed by atoms with Crippen LogP contribution in [0.1, 0.15) is 34.0 Å². The first kappa shape index (κ1) is 13.9. The number of aromatic amines is 1. The molecule has 0 saturated heterocycles. The molecule has 2 heterocycles. The number of H-pyrrole nitrogens is 1. The van der Waals surface area contributed by atoms with Gasteiger partial charge in [0.15, 0.2) is 0 Å². The van der Waals surface area contributed by atoms with Crippen LogP contribution >= 0.6 is 11.6 Å². The normalized spacial score (nSPS) is 17.7. The standard InChI is InChI=1S/C19H19ClN2/c1-11-4-3-5-14(12(11)2)18-19-15(8-9-21-18)16-10-13(20)6-7-17(16)22-19/h3-7,10,18,21-22H,8-9H2,1-2H3. The molecule has 112 valence electrons. The molecule has 0 aliphatic carbocycles. The van der Waals surface area contributed by atoms with E-state index in [0.717, 1.165) is 18.0 Å². The van der Waals surface area contributed by atoms with Gasteiger partial charge >= 0.3 is 0 Å². The number of hydrogen-bond donors (Lipinski definition) is 2. The predicted molar refractivity (Wildman–Crippen MR) is 92.8 cm³/mol. The van der Waals surface area contributed by atoms with Gasteiger partial charge in [-0.15, -0.1) is 0 Å². The van der Waals surface area contributed by atoms with Crippen LogP contribution in [0, 0.1) is 13.8 Å². The van der Waals surface area contributed by atoms with Gasteiger partial charge < -0.3 is 10.3 Å². The van der Waals surface area contributed by atoms with Crippen molar-refractivity contribution >= 4 is 22.5 Å². The quantitative estimate of drug-likeness (QED) is 0.671. The van der Waals surface area contributed by atoms with Crippen molar-refractivity contribution in [3.63, 3.8) is 0 Å². The highest BCUT2D eigenvalue weighted by atomic mass is 35.5. The smallest absolute Gasteiger partial charge is 0.0735 e. The monoisotopic (exact) mass is 310 g/mol. The SMILES string of the molecule is Cc1cccc(C2NCCc3c2[nH]c2ccc(Cl)cc32)c1C. The molecule has 4 rings (SSSR count). The first-order chi connectivity index (χ1) is 10.6. The number of nitrogens with one attached hydrogen (secondary N) is 2. The average molecular weight is 311 g/mol. The second-order valence-corrected chi connectivity index (χ2v) is 6.57. The van der Waals surface area contributed by atoms with E-state index in [2.05, 4.69) is 54.5 Å². The van der Waals surface area contributed by atoms with E-state index < -0.39 is 0 Å². The molecule has 1 aromatic heterocycles. The number of benzene rings is 2. The zero-order valence-electron chi connectivity index (χ0n) is 12.8. The number of hydrogen-bond acceptors (Lipinski definition) is 1. The van der Waals surface area contributed by atoms with Crippen molar-refractivity contribution in [2.24, 2.45) is 0 Å². The number of fused-ring (bicyclic) bond motifs is 3. The Morgan fingerprint density at radius 3 is 2.86 bits per heavy atom. The molecule has 1 aliphatic heterocycles. The van der Waals surface area contributed by atoms with Crippen molar-refractivity contribution in [1.29, 1.82) is 0 Å². The van der Waals surface area contributed by atoms with E-state index in [9.17, 15) is 0 Å². The van der Waals surface area contributed by atoms with Gasteiger partial charge in [-0.1, -0.05) is 29.8 Å². The van der Waals surface area contributed by atoms with Gasteiger partial charge in [0.05, 0.1) is 6.04 Å². The molecule has 2 N–H and O–H groups in total. The van der Waals surface area contributed by atoms with Crippen LogP contribution in [0.5, 0.6) is 0 Å². The van der Waals surface area contributed by atoms with Gasteiger partial charge in [-0.2, -0.15) is 0 Å². The summed E-state index contributed by atoms with van der Waals surface area (Å²) in [5.74, 6) is 0. The molecule has 1 atom stereocenters. The van der Waals surface area contributed by atoms with Crippen LogP contribution in [0.25, 0.3) is 10.9 Å². The Hall–Kier alpha value is -1.77. The lowest BCUT2D eigenvalue weighted by molar-refractivity contribution is 0.558. The molecule has 2 nitrogen and oxygen atoms in total. The van der Waals surface area contributed by atoms with Crippen LogP contribution in [0.2, 0.25) is 5.02 Å². The van der Waals surface area contributed by atoms with Crippen molar-refractivity contribution in [3.8, 4) is 0 Å². The molecular weight excluding hydrogens is 292 g/mol. The minimum atomic E-state index is 0.231. The first-order valence-corrected chi connectivity index (χ1v) is 8.12. The fourth-order valence-corrected chi connectivity index (χ4v) is 3.72. The van der Waals surface area contributed by atoms with Gasteiger partial charge in [0.1, 0.15) is 0 Å². The van der Waals surface area contributed by atoms with Gasteiger partial charge in [0.2, 0.25) is 0 Å². The predicted octanol–water partition coefficient (Wildman–Crippen LogP) is 4.67. The van der Waals surface area contributed by atoms with Crippen molar-refractivity contribution in [3.05, 3.63) is 69.4 Å². The van der Waals surface area contributed by atoms with Crippen molar-refractivity contribution in [2.75, 3.05) is 6.54 Å². The lowest BCUT2D eigenvalue weighted by Gasteiger charge is -2.26. The highest BCUT2D eigenvalue weighted by Crippen LogP contribution is 2.35. The fourth-order valence-electron chi connectivity index (χ4n) is 3.55. The third-order valence-electron chi connectivity index (χ3n) is 4.87. The Kier molecular flexibility index (Phi) is 3.24. The van der Waals surface area contributed by atoms with E-state index in [4.69, 9.17) is 11.6 Å². The lowest BCUT2D eigenvalue weighted by Crippen LogP contribution is -2.31. The third-order valence-corrected chi connectivity index (χ3v) is 5.11. The highest BCUT2D eigenvalue weighted by Gasteiger charge is 2.26. The molecule has 0 radical (unpaired) electrons. The second-order valence-electron chi connectivity index (χ2n) is 6.13. The summed E-state index contributed by atoms with van der Waals surface area (Å²) in [6.07, 6.45) is 1.04. The van der Waals surface area contributed by atoms with Crippen LogP contribution in [0.4, 0.5) is 0 Å². The van der Waals surface area contributed by atoms with E-state index >= 15 is 0 Å². The number of halogens is 1. The zero-order chi connectivity index (χ0) is 15.3. The molecule has 2 aromatic carbocycles. The van der Waals surface area contributed by atoms with Gasteiger partial charge in [-0.25, -0.2) is 0 Å². The summed E-state index contributed by atoms with van der Waals surface area (Å²) >= 11 is 6.19. The first-order valence-electron chi connectivity index (χ1n) is 7.74. The van der Waals surface area contributed by atoms with Gasteiger partial charge in [-0.05, 0) is 60.7 Å². The largest absolute Gasteiger partial charge is 0.357 e. The van der Waals surface area contributed by atoms with E-state index in [1.165, 1.54) is 38.9 Å². The number of aromatic nitrogens is 1. The van der Waals surface area contributed by atoms with Crippen LogP contribution in [-0.2, 0) is 6.42 Å². The Labute approximate surface area is 135 Å². The Bertz CT molecular complexity index is 863. The third kappa shape index (κ3) is 2.06. The van der Waals surface area contributed by atoms with Crippen LogP contribution in [0.3, 0.4) is 0 Å². The molecule has 3 aromatic rings. The molecule has 0 saturated carbocycles. The summed E-state index contributed by atoms with van der Waals surface area (Å²) < 4.78 is 0. The van der Waals surface area contributed by atoms with Crippen molar-refractivity contribution in [2.45, 2.75) is 26.3 Å². The minimum absolute atomic E-state index is 0.231. The topological polar surface area (TPSA) is 27.8 Å². The Balaban J connectivity index is 1.92. The van der Waals surface area contributed by atoms with E-state index in [-0.39, 0.29) is 6.04 Å². The van der Waals surface area contributed by atoms with E-state index in [1.54, 1.807) is 0 Å². The van der Waals surface area contributed by atoms with Crippen LogP contribution in [-0.4, -0.2) is 11.5 Å². The summed E-state index contributed by atoms with van der Waals surface area (Å²) in [6, 6.07) is 12.9. The molecule has 0 bridgehead atoms. The lowest BCUT2D eigenvalue weighted by atomic mass is 9.90. The van der Waals surface area contributed by atoms with Gasteiger partial charge in [-0.3, -0.25) is 0 Å². The van der Waals surface area contributed by atoms with Crippen molar-refractivity contribution < 1.29 is 0 Å². The molecule has 1 unspecified atom stereocenters. The molecular formula is C19H19ClN2. The van der Waals surface area contributed by atoms with E-state index in [1.807, 2.05) is 6.07 Å². The molecule has 22 heavy (non-hydrogen) atoms. The average Bonchev–Trinajstić information content (AvgIpc) is 2.88. The summed E-state index contributed by atoms with van der Waals surface area (Å²) in [5.41, 5.74) is 7.93. The summed E-state index contributed by atoms with van der Waals surface area (Å²) in [7, 11) is 0. The summed E-state index contributed by atoms with van der Waals surface area (Å²) in [4.78, 5) is 3.62. The maximum Gasteiger partial charge on any atom is 0.0735 e.